The molecule has 0 aliphatic heterocycles. The molecule has 1 aromatic rings. The Morgan fingerprint density at radius 2 is 1.90 bits per heavy atom. The van der Waals surface area contributed by atoms with Crippen LogP contribution in [0, 0.1) is 11.8 Å². The monoisotopic (exact) mass is 312 g/mol. The van der Waals surface area contributed by atoms with Crippen molar-refractivity contribution in [1.82, 2.24) is 4.72 Å². The van der Waals surface area contributed by atoms with Crippen molar-refractivity contribution in [3.05, 3.63) is 24.3 Å². The summed E-state index contributed by atoms with van der Waals surface area (Å²) in [6, 6.07) is 6.47. The van der Waals surface area contributed by atoms with E-state index in [0.717, 1.165) is 12.8 Å². The maximum absolute atomic E-state index is 12.4. The molecule has 5 nitrogen and oxygen atoms in total. The largest absolute Gasteiger partial charge is 0.492 e. The number of hydrogen-bond acceptors (Lipinski definition) is 4. The summed E-state index contributed by atoms with van der Waals surface area (Å²) >= 11 is 0. The van der Waals surface area contributed by atoms with E-state index in [1.165, 1.54) is 0 Å². The summed E-state index contributed by atoms with van der Waals surface area (Å²) in [4.78, 5) is 0.273. The van der Waals surface area contributed by atoms with Gasteiger partial charge in [-0.2, -0.15) is 0 Å². The average Bonchev–Trinajstić information content (AvgIpc) is 2.77. The fraction of sp³-hybridized carbons (Fsp3) is 0.600. The molecule has 1 aliphatic rings. The second-order valence-corrected chi connectivity index (χ2v) is 7.46. The molecule has 6 heteroatoms. The second kappa shape index (κ2) is 6.77. The molecule has 1 saturated carbocycles. The molecule has 0 spiro atoms. The molecule has 1 fully saturated rings. The lowest BCUT2D eigenvalue weighted by Crippen LogP contribution is -2.37. The number of hydrogen-bond donors (Lipinski definition) is 2. The molecule has 3 unspecified atom stereocenters. The van der Waals surface area contributed by atoms with Crippen molar-refractivity contribution in [2.24, 2.45) is 17.6 Å². The minimum absolute atomic E-state index is 0.0261. The van der Waals surface area contributed by atoms with E-state index in [9.17, 15) is 8.42 Å². The second-order valence-electron chi connectivity index (χ2n) is 5.75. The molecule has 2 rings (SSSR count). The predicted octanol–water partition coefficient (Wildman–Crippen LogP) is 1.74. The van der Waals surface area contributed by atoms with Crippen molar-refractivity contribution >= 4 is 10.0 Å². The first-order valence-electron chi connectivity index (χ1n) is 7.39. The van der Waals surface area contributed by atoms with E-state index in [0.29, 0.717) is 30.7 Å². The molecular weight excluding hydrogens is 288 g/mol. The Morgan fingerprint density at radius 1 is 1.24 bits per heavy atom. The Kier molecular flexibility index (Phi) is 5.24. The minimum atomic E-state index is -3.47. The summed E-state index contributed by atoms with van der Waals surface area (Å²) in [5.41, 5.74) is 5.36. The van der Waals surface area contributed by atoms with Crippen LogP contribution >= 0.6 is 0 Å². The Hall–Kier alpha value is -1.11. The van der Waals surface area contributed by atoms with E-state index in [1.807, 2.05) is 0 Å². The molecule has 3 N–H and O–H groups in total. The molecule has 0 aromatic heterocycles. The SMILES string of the molecule is CC1CCC(NS(=O)(=O)c2ccc(OCCN)cc2)C1C. The Labute approximate surface area is 126 Å². The van der Waals surface area contributed by atoms with E-state index < -0.39 is 10.0 Å². The average molecular weight is 312 g/mol. The molecule has 3 atom stereocenters. The van der Waals surface area contributed by atoms with Crippen molar-refractivity contribution in [2.45, 2.75) is 37.6 Å². The Bertz CT molecular complexity index is 557. The topological polar surface area (TPSA) is 81.4 Å². The van der Waals surface area contributed by atoms with Crippen molar-refractivity contribution in [3.63, 3.8) is 0 Å². The quantitative estimate of drug-likeness (QED) is 0.838. The van der Waals surface area contributed by atoms with Crippen LogP contribution in [0.4, 0.5) is 0 Å². The van der Waals surface area contributed by atoms with Gasteiger partial charge in [0.25, 0.3) is 0 Å². The molecule has 0 bridgehead atoms. The van der Waals surface area contributed by atoms with Crippen LogP contribution < -0.4 is 15.2 Å². The highest BCUT2D eigenvalue weighted by atomic mass is 32.2. The first-order chi connectivity index (χ1) is 9.94. The fourth-order valence-electron chi connectivity index (χ4n) is 2.69. The van der Waals surface area contributed by atoms with Crippen molar-refractivity contribution in [1.29, 1.82) is 0 Å². The third-order valence-electron chi connectivity index (χ3n) is 4.29. The summed E-state index contributed by atoms with van der Waals surface area (Å²) in [6.45, 7) is 5.12. The van der Waals surface area contributed by atoms with Gasteiger partial charge in [-0.1, -0.05) is 13.8 Å². The van der Waals surface area contributed by atoms with Gasteiger partial charge in [0, 0.05) is 12.6 Å². The smallest absolute Gasteiger partial charge is 0.240 e. The number of nitrogens with two attached hydrogens (primary N) is 1. The summed E-state index contributed by atoms with van der Waals surface area (Å²) in [6.07, 6.45) is 1.97. The number of sulfonamides is 1. The number of rotatable bonds is 6. The normalized spacial score (nSPS) is 26.0. The maximum Gasteiger partial charge on any atom is 0.240 e. The number of benzene rings is 1. The van der Waals surface area contributed by atoms with Crippen molar-refractivity contribution < 1.29 is 13.2 Å². The number of nitrogens with one attached hydrogen (secondary N) is 1. The van der Waals surface area contributed by atoms with Crippen LogP contribution in [0.3, 0.4) is 0 Å². The van der Waals surface area contributed by atoms with Crippen LogP contribution in [0.5, 0.6) is 5.75 Å². The van der Waals surface area contributed by atoms with Gasteiger partial charge >= 0.3 is 0 Å². The van der Waals surface area contributed by atoms with Crippen LogP contribution in [-0.2, 0) is 10.0 Å². The molecule has 0 heterocycles. The molecule has 1 aromatic carbocycles. The van der Waals surface area contributed by atoms with Gasteiger partial charge in [-0.05, 0) is 48.9 Å². The molecule has 0 amide bonds. The van der Waals surface area contributed by atoms with Crippen LogP contribution in [-0.4, -0.2) is 27.6 Å². The highest BCUT2D eigenvalue weighted by molar-refractivity contribution is 7.89. The molecule has 118 valence electrons. The van der Waals surface area contributed by atoms with Gasteiger partial charge in [-0.3, -0.25) is 0 Å². The zero-order chi connectivity index (χ0) is 15.5. The van der Waals surface area contributed by atoms with Gasteiger partial charge in [0.2, 0.25) is 10.0 Å². The first kappa shape index (κ1) is 16.3. The lowest BCUT2D eigenvalue weighted by molar-refractivity contribution is 0.328. The molecule has 21 heavy (non-hydrogen) atoms. The van der Waals surface area contributed by atoms with Gasteiger partial charge < -0.3 is 10.5 Å². The predicted molar refractivity (Wildman–Crippen MR) is 82.7 cm³/mol. The standard InChI is InChI=1S/C15H24N2O3S/c1-11-3-8-15(12(11)2)17-21(18,19)14-6-4-13(5-7-14)20-10-9-16/h4-7,11-12,15,17H,3,8-10,16H2,1-2H3. The van der Waals surface area contributed by atoms with Gasteiger partial charge in [0.1, 0.15) is 12.4 Å². The Morgan fingerprint density at radius 3 is 2.43 bits per heavy atom. The van der Waals surface area contributed by atoms with Crippen LogP contribution in [0.15, 0.2) is 29.2 Å². The third-order valence-corrected chi connectivity index (χ3v) is 5.80. The summed E-state index contributed by atoms with van der Waals surface area (Å²) in [7, 11) is -3.47. The molecule has 0 radical (unpaired) electrons. The highest BCUT2D eigenvalue weighted by Gasteiger charge is 2.32. The molecular formula is C15H24N2O3S. The highest BCUT2D eigenvalue weighted by Crippen LogP contribution is 2.32. The summed E-state index contributed by atoms with van der Waals surface area (Å²) in [5, 5.41) is 0. The minimum Gasteiger partial charge on any atom is -0.492 e. The first-order valence-corrected chi connectivity index (χ1v) is 8.87. The van der Waals surface area contributed by atoms with Crippen LogP contribution in [0.1, 0.15) is 26.7 Å². The Balaban J connectivity index is 2.05. The van der Waals surface area contributed by atoms with Gasteiger partial charge in [0.15, 0.2) is 0 Å². The lowest BCUT2D eigenvalue weighted by atomic mass is 9.98. The number of ether oxygens (including phenoxy) is 1. The van der Waals surface area contributed by atoms with Crippen molar-refractivity contribution in [2.75, 3.05) is 13.2 Å². The molecule has 1 aliphatic carbocycles. The van der Waals surface area contributed by atoms with E-state index >= 15 is 0 Å². The third kappa shape index (κ3) is 3.96. The van der Waals surface area contributed by atoms with Gasteiger partial charge in [0.05, 0.1) is 4.90 Å². The van der Waals surface area contributed by atoms with E-state index in [1.54, 1.807) is 24.3 Å². The summed E-state index contributed by atoms with van der Waals surface area (Å²) < 4.78 is 33.0. The van der Waals surface area contributed by atoms with E-state index in [-0.39, 0.29) is 10.9 Å². The van der Waals surface area contributed by atoms with E-state index in [4.69, 9.17) is 10.5 Å². The zero-order valence-electron chi connectivity index (χ0n) is 12.6. The van der Waals surface area contributed by atoms with Crippen molar-refractivity contribution in [3.8, 4) is 5.75 Å². The van der Waals surface area contributed by atoms with Gasteiger partial charge in [-0.15, -0.1) is 0 Å². The maximum atomic E-state index is 12.4. The lowest BCUT2D eigenvalue weighted by Gasteiger charge is -2.19. The van der Waals surface area contributed by atoms with Crippen LogP contribution in [0.2, 0.25) is 0 Å². The van der Waals surface area contributed by atoms with Gasteiger partial charge in [-0.25, -0.2) is 13.1 Å². The zero-order valence-corrected chi connectivity index (χ0v) is 13.4. The fourth-order valence-corrected chi connectivity index (χ4v) is 4.05. The van der Waals surface area contributed by atoms with Crippen LogP contribution in [0.25, 0.3) is 0 Å². The summed E-state index contributed by atoms with van der Waals surface area (Å²) in [5.74, 6) is 1.55. The molecule has 0 saturated heterocycles. The van der Waals surface area contributed by atoms with E-state index in [2.05, 4.69) is 18.6 Å².